The molecule has 0 spiro atoms. The molecule has 0 rings (SSSR count). The number of hydrogen-bond acceptors (Lipinski definition) is 2. The second-order valence-corrected chi connectivity index (χ2v) is 2.76. The summed E-state index contributed by atoms with van der Waals surface area (Å²) >= 11 is 0. The zero-order chi connectivity index (χ0) is 8.04. The van der Waals surface area contributed by atoms with E-state index in [1.807, 2.05) is 0 Å². The summed E-state index contributed by atoms with van der Waals surface area (Å²) in [6, 6.07) is 0. The van der Waals surface area contributed by atoms with Crippen molar-refractivity contribution in [3.63, 3.8) is 0 Å². The number of hydrogen-bond donors (Lipinski definition) is 1. The van der Waals surface area contributed by atoms with Gasteiger partial charge in [-0.25, -0.2) is 0 Å². The van der Waals surface area contributed by atoms with Crippen LogP contribution in [0.25, 0.3) is 0 Å². The average molecular weight is 144 g/mol. The van der Waals surface area contributed by atoms with Crippen LogP contribution < -0.4 is 0 Å². The normalized spacial score (nSPS) is 16.3. The molecule has 0 aliphatic heterocycles. The maximum absolute atomic E-state index is 9.47. The molecule has 0 fully saturated rings. The molecule has 0 aliphatic carbocycles. The van der Waals surface area contributed by atoms with E-state index in [4.69, 9.17) is 4.74 Å². The lowest BCUT2D eigenvalue weighted by Gasteiger charge is -2.20. The van der Waals surface area contributed by atoms with Gasteiger partial charge in [0, 0.05) is 7.11 Å². The third-order valence-electron chi connectivity index (χ3n) is 1.34. The van der Waals surface area contributed by atoms with Crippen LogP contribution in [0.5, 0.6) is 0 Å². The van der Waals surface area contributed by atoms with Gasteiger partial charge in [0.2, 0.25) is 0 Å². The SMILES string of the molecule is C=CCCC(C)(O)COC. The van der Waals surface area contributed by atoms with Crippen LogP contribution in [0.15, 0.2) is 12.7 Å². The van der Waals surface area contributed by atoms with Crippen molar-refractivity contribution in [1.29, 1.82) is 0 Å². The lowest BCUT2D eigenvalue weighted by molar-refractivity contribution is -0.0218. The summed E-state index contributed by atoms with van der Waals surface area (Å²) in [4.78, 5) is 0. The predicted molar refractivity (Wildman–Crippen MR) is 41.9 cm³/mol. The Morgan fingerprint density at radius 3 is 2.70 bits per heavy atom. The molecule has 0 bridgehead atoms. The van der Waals surface area contributed by atoms with Crippen LogP contribution in [-0.4, -0.2) is 24.4 Å². The highest BCUT2D eigenvalue weighted by Crippen LogP contribution is 2.11. The van der Waals surface area contributed by atoms with Crippen LogP contribution in [0.1, 0.15) is 19.8 Å². The Hall–Kier alpha value is -0.340. The van der Waals surface area contributed by atoms with E-state index in [1.165, 1.54) is 0 Å². The summed E-state index contributed by atoms with van der Waals surface area (Å²) in [6.45, 7) is 5.73. The maximum atomic E-state index is 9.47. The molecule has 1 unspecified atom stereocenters. The fourth-order valence-corrected chi connectivity index (χ4v) is 0.796. The van der Waals surface area contributed by atoms with Gasteiger partial charge in [0.25, 0.3) is 0 Å². The van der Waals surface area contributed by atoms with Gasteiger partial charge in [-0.15, -0.1) is 6.58 Å². The van der Waals surface area contributed by atoms with Crippen molar-refractivity contribution in [2.75, 3.05) is 13.7 Å². The summed E-state index contributed by atoms with van der Waals surface area (Å²) in [5.74, 6) is 0. The highest BCUT2D eigenvalue weighted by molar-refractivity contribution is 4.77. The average Bonchev–Trinajstić information content (AvgIpc) is 1.84. The quantitative estimate of drug-likeness (QED) is 0.590. The zero-order valence-corrected chi connectivity index (χ0v) is 6.76. The Morgan fingerprint density at radius 1 is 1.70 bits per heavy atom. The number of aliphatic hydroxyl groups is 1. The number of ether oxygens (including phenoxy) is 1. The van der Waals surface area contributed by atoms with Crippen molar-refractivity contribution in [2.24, 2.45) is 0 Å². The molecule has 0 amide bonds. The summed E-state index contributed by atoms with van der Waals surface area (Å²) in [5, 5.41) is 9.47. The van der Waals surface area contributed by atoms with Gasteiger partial charge >= 0.3 is 0 Å². The van der Waals surface area contributed by atoms with Crippen LogP contribution in [0.2, 0.25) is 0 Å². The molecule has 0 saturated carbocycles. The standard InChI is InChI=1S/C8H16O2/c1-4-5-6-8(2,9)7-10-3/h4,9H,1,5-7H2,2-3H3. The largest absolute Gasteiger partial charge is 0.388 e. The van der Waals surface area contributed by atoms with Crippen LogP contribution in [-0.2, 0) is 4.74 Å². The molecular formula is C8H16O2. The van der Waals surface area contributed by atoms with Crippen molar-refractivity contribution in [2.45, 2.75) is 25.4 Å². The van der Waals surface area contributed by atoms with Crippen molar-refractivity contribution in [1.82, 2.24) is 0 Å². The lowest BCUT2D eigenvalue weighted by Crippen LogP contribution is -2.29. The van der Waals surface area contributed by atoms with Gasteiger partial charge in [-0.3, -0.25) is 0 Å². The molecule has 0 aromatic rings. The second-order valence-electron chi connectivity index (χ2n) is 2.76. The second kappa shape index (κ2) is 4.47. The van der Waals surface area contributed by atoms with Gasteiger partial charge in [0.05, 0.1) is 12.2 Å². The molecule has 0 heterocycles. The minimum Gasteiger partial charge on any atom is -0.388 e. The Bertz CT molecular complexity index is 97.4. The van der Waals surface area contributed by atoms with E-state index < -0.39 is 5.60 Å². The van der Waals surface area contributed by atoms with E-state index in [0.717, 1.165) is 6.42 Å². The van der Waals surface area contributed by atoms with Crippen LogP contribution in [0, 0.1) is 0 Å². The summed E-state index contributed by atoms with van der Waals surface area (Å²) < 4.78 is 4.82. The summed E-state index contributed by atoms with van der Waals surface area (Å²) in [7, 11) is 1.59. The van der Waals surface area contributed by atoms with E-state index in [0.29, 0.717) is 13.0 Å². The molecule has 0 aromatic heterocycles. The maximum Gasteiger partial charge on any atom is 0.0855 e. The summed E-state index contributed by atoms with van der Waals surface area (Å²) in [5.41, 5.74) is -0.692. The zero-order valence-electron chi connectivity index (χ0n) is 6.76. The van der Waals surface area contributed by atoms with Gasteiger partial charge in [-0.2, -0.15) is 0 Å². The molecule has 60 valence electrons. The Morgan fingerprint density at radius 2 is 2.30 bits per heavy atom. The molecule has 0 aliphatic rings. The molecule has 0 radical (unpaired) electrons. The van der Waals surface area contributed by atoms with E-state index in [-0.39, 0.29) is 0 Å². The predicted octanol–water partition coefficient (Wildman–Crippen LogP) is 1.35. The highest BCUT2D eigenvalue weighted by Gasteiger charge is 2.17. The number of allylic oxidation sites excluding steroid dienone is 1. The van der Waals surface area contributed by atoms with Gasteiger partial charge in [0.1, 0.15) is 0 Å². The first kappa shape index (κ1) is 9.66. The number of rotatable bonds is 5. The molecule has 0 aromatic carbocycles. The van der Waals surface area contributed by atoms with E-state index in [2.05, 4.69) is 6.58 Å². The van der Waals surface area contributed by atoms with Gasteiger partial charge < -0.3 is 9.84 Å². The van der Waals surface area contributed by atoms with Gasteiger partial charge in [0.15, 0.2) is 0 Å². The monoisotopic (exact) mass is 144 g/mol. The number of methoxy groups -OCH3 is 1. The first-order valence-corrected chi connectivity index (χ1v) is 3.44. The minimum absolute atomic E-state index is 0.390. The van der Waals surface area contributed by atoms with Crippen molar-refractivity contribution >= 4 is 0 Å². The van der Waals surface area contributed by atoms with Gasteiger partial charge in [-0.05, 0) is 19.8 Å². The third kappa shape index (κ3) is 4.53. The van der Waals surface area contributed by atoms with E-state index in [1.54, 1.807) is 20.1 Å². The van der Waals surface area contributed by atoms with Crippen LogP contribution >= 0.6 is 0 Å². The molecular weight excluding hydrogens is 128 g/mol. The fraction of sp³-hybridized carbons (Fsp3) is 0.750. The first-order valence-electron chi connectivity index (χ1n) is 3.44. The van der Waals surface area contributed by atoms with Gasteiger partial charge in [-0.1, -0.05) is 6.08 Å². The smallest absolute Gasteiger partial charge is 0.0855 e. The fourth-order valence-electron chi connectivity index (χ4n) is 0.796. The highest BCUT2D eigenvalue weighted by atomic mass is 16.5. The lowest BCUT2D eigenvalue weighted by atomic mass is 10.0. The minimum atomic E-state index is -0.692. The van der Waals surface area contributed by atoms with Crippen molar-refractivity contribution < 1.29 is 9.84 Å². The Kier molecular flexibility index (Phi) is 4.32. The molecule has 10 heavy (non-hydrogen) atoms. The summed E-state index contributed by atoms with van der Waals surface area (Å²) in [6.07, 6.45) is 3.34. The Balaban J connectivity index is 3.51. The molecule has 2 heteroatoms. The molecule has 0 saturated heterocycles. The van der Waals surface area contributed by atoms with Crippen molar-refractivity contribution in [3.8, 4) is 0 Å². The van der Waals surface area contributed by atoms with Crippen LogP contribution in [0.4, 0.5) is 0 Å². The Labute approximate surface area is 62.5 Å². The molecule has 2 nitrogen and oxygen atoms in total. The first-order chi connectivity index (χ1) is 4.62. The van der Waals surface area contributed by atoms with E-state index in [9.17, 15) is 5.11 Å². The van der Waals surface area contributed by atoms with Crippen LogP contribution in [0.3, 0.4) is 0 Å². The molecule has 1 atom stereocenters. The van der Waals surface area contributed by atoms with Crippen molar-refractivity contribution in [3.05, 3.63) is 12.7 Å². The third-order valence-corrected chi connectivity index (χ3v) is 1.34. The molecule has 1 N–H and O–H groups in total. The van der Waals surface area contributed by atoms with E-state index >= 15 is 0 Å². The topological polar surface area (TPSA) is 29.5 Å².